The molecule has 0 bridgehead atoms. The molecule has 0 aliphatic carbocycles. The lowest BCUT2D eigenvalue weighted by atomic mass is 10.2. The van der Waals surface area contributed by atoms with E-state index in [1.165, 1.54) is 18.0 Å². The fourth-order valence-electron chi connectivity index (χ4n) is 1.64. The van der Waals surface area contributed by atoms with Crippen molar-refractivity contribution in [2.75, 3.05) is 29.1 Å². The Bertz CT molecular complexity index is 512. The summed E-state index contributed by atoms with van der Waals surface area (Å²) < 4.78 is 0. The van der Waals surface area contributed by atoms with E-state index in [4.69, 9.17) is 5.26 Å². The smallest absolute Gasteiger partial charge is 0.289 e. The van der Waals surface area contributed by atoms with Crippen LogP contribution in [0.5, 0.6) is 0 Å². The van der Waals surface area contributed by atoms with E-state index in [-0.39, 0.29) is 11.3 Å². The lowest BCUT2D eigenvalue weighted by molar-refractivity contribution is -0.385. The molecular weight excluding hydrogens is 284 g/mol. The zero-order valence-electron chi connectivity index (χ0n) is 10.0. The van der Waals surface area contributed by atoms with Crippen molar-refractivity contribution in [1.29, 1.82) is 5.26 Å². The molecule has 0 spiro atoms. The fraction of sp³-hybridized carbons (Fsp3) is 0.455. The normalized spacial score (nSPS) is 18.6. The van der Waals surface area contributed by atoms with Gasteiger partial charge in [-0.15, -0.1) is 0 Å². The zero-order chi connectivity index (χ0) is 13.7. The standard InChI is InChI=1S/C11H12N4O2S2/c12-4-8-3-9(15(16)17)5-13-11(8)14-6-10-7-18-1-2-19-10/h3,5,10H,1-2,6-7H2,(H,13,14). The molecule has 100 valence electrons. The molecule has 1 aliphatic heterocycles. The van der Waals surface area contributed by atoms with Crippen molar-refractivity contribution >= 4 is 35.0 Å². The first-order chi connectivity index (χ1) is 9.20. The number of hydrogen-bond acceptors (Lipinski definition) is 7. The molecule has 1 fully saturated rings. The number of nitrogens with one attached hydrogen (secondary N) is 1. The largest absolute Gasteiger partial charge is 0.368 e. The van der Waals surface area contributed by atoms with Gasteiger partial charge in [0.15, 0.2) is 0 Å². The number of nitrogens with zero attached hydrogens (tertiary/aromatic N) is 3. The lowest BCUT2D eigenvalue weighted by Gasteiger charge is -2.21. The molecule has 1 aliphatic rings. The number of nitriles is 1. The quantitative estimate of drug-likeness (QED) is 0.672. The molecule has 0 radical (unpaired) electrons. The van der Waals surface area contributed by atoms with Crippen LogP contribution in [0.3, 0.4) is 0 Å². The number of anilines is 1. The number of thioether (sulfide) groups is 2. The molecule has 8 heteroatoms. The van der Waals surface area contributed by atoms with Gasteiger partial charge in [0.2, 0.25) is 0 Å². The van der Waals surface area contributed by atoms with Crippen LogP contribution in [-0.4, -0.2) is 39.0 Å². The Labute approximate surface area is 119 Å². The van der Waals surface area contributed by atoms with Crippen LogP contribution in [-0.2, 0) is 0 Å². The van der Waals surface area contributed by atoms with Crippen LogP contribution in [0.1, 0.15) is 5.56 Å². The third kappa shape index (κ3) is 3.75. The summed E-state index contributed by atoms with van der Waals surface area (Å²) in [4.78, 5) is 14.0. The van der Waals surface area contributed by atoms with Crippen molar-refractivity contribution in [3.8, 4) is 6.07 Å². The second-order valence-corrected chi connectivity index (χ2v) is 6.47. The van der Waals surface area contributed by atoms with E-state index in [2.05, 4.69) is 10.3 Å². The molecule has 6 nitrogen and oxygen atoms in total. The van der Waals surface area contributed by atoms with Gasteiger partial charge < -0.3 is 5.32 Å². The molecule has 0 saturated carbocycles. The van der Waals surface area contributed by atoms with E-state index < -0.39 is 4.92 Å². The van der Waals surface area contributed by atoms with Gasteiger partial charge in [-0.3, -0.25) is 10.1 Å². The maximum Gasteiger partial charge on any atom is 0.289 e. The third-order valence-electron chi connectivity index (χ3n) is 2.59. The van der Waals surface area contributed by atoms with Crippen molar-refractivity contribution in [3.63, 3.8) is 0 Å². The molecule has 1 N–H and O–H groups in total. The van der Waals surface area contributed by atoms with E-state index in [1.807, 2.05) is 29.6 Å². The molecule has 0 aromatic carbocycles. The van der Waals surface area contributed by atoms with Gasteiger partial charge in [0.25, 0.3) is 5.69 Å². The zero-order valence-corrected chi connectivity index (χ0v) is 11.7. The summed E-state index contributed by atoms with van der Waals surface area (Å²) in [6.45, 7) is 0.719. The van der Waals surface area contributed by atoms with Crippen LogP contribution in [0, 0.1) is 21.4 Å². The van der Waals surface area contributed by atoms with Gasteiger partial charge in [0.05, 0.1) is 4.92 Å². The fourth-order valence-corrected chi connectivity index (χ4v) is 4.26. The summed E-state index contributed by atoms with van der Waals surface area (Å²) in [5, 5.41) is 23.2. The Morgan fingerprint density at radius 3 is 3.11 bits per heavy atom. The molecule has 1 aromatic rings. The monoisotopic (exact) mass is 296 g/mol. The maximum absolute atomic E-state index is 10.6. The van der Waals surface area contributed by atoms with Gasteiger partial charge in [-0.2, -0.15) is 28.8 Å². The van der Waals surface area contributed by atoms with Gasteiger partial charge in [0, 0.05) is 35.1 Å². The summed E-state index contributed by atoms with van der Waals surface area (Å²) in [5.41, 5.74) is 0.0485. The van der Waals surface area contributed by atoms with Crippen LogP contribution in [0.4, 0.5) is 11.5 Å². The topological polar surface area (TPSA) is 91.8 Å². The number of rotatable bonds is 4. The first-order valence-corrected chi connectivity index (χ1v) is 7.89. The van der Waals surface area contributed by atoms with Gasteiger partial charge in [-0.25, -0.2) is 4.98 Å². The minimum absolute atomic E-state index is 0.162. The van der Waals surface area contributed by atoms with Crippen molar-refractivity contribution < 1.29 is 4.92 Å². The van der Waals surface area contributed by atoms with Crippen molar-refractivity contribution in [1.82, 2.24) is 4.98 Å². The van der Waals surface area contributed by atoms with Crippen molar-refractivity contribution in [2.45, 2.75) is 5.25 Å². The minimum atomic E-state index is -0.550. The number of pyridine rings is 1. The molecule has 2 heterocycles. The molecule has 1 atom stereocenters. The number of nitro groups is 1. The summed E-state index contributed by atoms with van der Waals surface area (Å²) in [6.07, 6.45) is 1.17. The number of hydrogen-bond donors (Lipinski definition) is 1. The number of aromatic nitrogens is 1. The van der Waals surface area contributed by atoms with Crippen LogP contribution in [0.15, 0.2) is 12.3 Å². The van der Waals surface area contributed by atoms with Crippen molar-refractivity contribution in [2.24, 2.45) is 0 Å². The van der Waals surface area contributed by atoms with E-state index in [0.29, 0.717) is 11.1 Å². The Balaban J connectivity index is 2.03. The highest BCUT2D eigenvalue weighted by atomic mass is 32.2. The summed E-state index contributed by atoms with van der Waals surface area (Å²) >= 11 is 3.82. The van der Waals surface area contributed by atoms with Gasteiger partial charge in [-0.1, -0.05) is 0 Å². The second-order valence-electron chi connectivity index (χ2n) is 3.91. The molecule has 2 rings (SSSR count). The Kier molecular flexibility index (Phi) is 4.87. The molecular formula is C11H12N4O2S2. The van der Waals surface area contributed by atoms with E-state index >= 15 is 0 Å². The first kappa shape index (κ1) is 14.0. The average Bonchev–Trinajstić information content (AvgIpc) is 2.45. The Morgan fingerprint density at radius 1 is 1.63 bits per heavy atom. The average molecular weight is 296 g/mol. The highest BCUT2D eigenvalue weighted by molar-refractivity contribution is 8.06. The molecule has 1 aromatic heterocycles. The van der Waals surface area contributed by atoms with E-state index in [1.54, 1.807) is 0 Å². The van der Waals surface area contributed by atoms with E-state index in [9.17, 15) is 10.1 Å². The van der Waals surface area contributed by atoms with E-state index in [0.717, 1.165) is 18.1 Å². The Hall–Kier alpha value is -1.46. The highest BCUT2D eigenvalue weighted by Gasteiger charge is 2.16. The highest BCUT2D eigenvalue weighted by Crippen LogP contribution is 2.25. The summed E-state index contributed by atoms with van der Waals surface area (Å²) in [7, 11) is 0. The first-order valence-electron chi connectivity index (χ1n) is 5.68. The van der Waals surface area contributed by atoms with Gasteiger partial charge >= 0.3 is 0 Å². The van der Waals surface area contributed by atoms with Gasteiger partial charge in [-0.05, 0) is 0 Å². The third-order valence-corrected chi connectivity index (χ3v) is 5.43. The molecule has 1 saturated heterocycles. The van der Waals surface area contributed by atoms with Crippen molar-refractivity contribution in [3.05, 3.63) is 27.9 Å². The maximum atomic E-state index is 10.6. The SMILES string of the molecule is N#Cc1cc([N+](=O)[O-])cnc1NCC1CSCCS1. The predicted molar refractivity (Wildman–Crippen MR) is 77.7 cm³/mol. The molecule has 1 unspecified atom stereocenters. The second kappa shape index (κ2) is 6.63. The molecule has 19 heavy (non-hydrogen) atoms. The lowest BCUT2D eigenvalue weighted by Crippen LogP contribution is -2.23. The summed E-state index contributed by atoms with van der Waals surface area (Å²) in [5.74, 6) is 3.81. The van der Waals surface area contributed by atoms with Crippen LogP contribution in [0.2, 0.25) is 0 Å². The van der Waals surface area contributed by atoms with Gasteiger partial charge in [0.1, 0.15) is 23.6 Å². The Morgan fingerprint density at radius 2 is 2.47 bits per heavy atom. The molecule has 0 amide bonds. The minimum Gasteiger partial charge on any atom is -0.368 e. The van der Waals surface area contributed by atoms with Crippen LogP contribution in [0.25, 0.3) is 0 Å². The summed E-state index contributed by atoms with van der Waals surface area (Å²) in [6, 6.07) is 3.19. The van der Waals surface area contributed by atoms with Crippen LogP contribution < -0.4 is 5.32 Å². The predicted octanol–water partition coefficient (Wildman–Crippen LogP) is 2.12. The van der Waals surface area contributed by atoms with Crippen LogP contribution >= 0.6 is 23.5 Å².